The Morgan fingerprint density at radius 3 is 2.56 bits per heavy atom. The molecule has 2 aliphatic rings. The zero-order valence-electron chi connectivity index (χ0n) is 18.4. The number of hydrogen-bond donors (Lipinski definition) is 0. The van der Waals surface area contributed by atoms with Crippen molar-refractivity contribution in [2.45, 2.75) is 31.4 Å². The van der Waals surface area contributed by atoms with Crippen molar-refractivity contribution < 1.29 is 35.8 Å². The van der Waals surface area contributed by atoms with Gasteiger partial charge >= 0.3 is 18.2 Å². The number of urea groups is 1. The fourth-order valence-corrected chi connectivity index (χ4v) is 5.35. The molecule has 1 aromatic heterocycles. The first-order valence-electron chi connectivity index (χ1n) is 10.9. The number of rotatable bonds is 4. The summed E-state index contributed by atoms with van der Waals surface area (Å²) < 4.78 is 75.6. The Morgan fingerprint density at radius 2 is 1.91 bits per heavy atom. The lowest BCUT2D eigenvalue weighted by molar-refractivity contribution is -0.140. The molecule has 2 saturated heterocycles. The predicted molar refractivity (Wildman–Crippen MR) is 113 cm³/mol. The molecule has 2 amide bonds. The standard InChI is InChI=1S/C21H24F4N4O4S/c1-2-32-19-26-18(33-27-19)15-9-14(13-3-4-16(17(22)10-13)21(23,24)25)11-29(12-15)20(30)28-5-7-34(31)8-6-28/h3-4,10,14-15H,2,5-9,11-12H2,1H3. The normalized spacial score (nSPS) is 22.1. The molecule has 8 nitrogen and oxygen atoms in total. The highest BCUT2D eigenvalue weighted by Gasteiger charge is 2.38. The van der Waals surface area contributed by atoms with Crippen LogP contribution in [0.2, 0.25) is 0 Å². The third-order valence-corrected chi connectivity index (χ3v) is 7.26. The molecule has 0 aliphatic carbocycles. The number of nitrogens with zero attached hydrogens (tertiary/aromatic N) is 4. The van der Waals surface area contributed by atoms with Gasteiger partial charge in [0, 0.05) is 54.4 Å². The number of amides is 2. The van der Waals surface area contributed by atoms with Crippen molar-refractivity contribution in [1.82, 2.24) is 19.9 Å². The van der Waals surface area contributed by atoms with Crippen LogP contribution in [0.15, 0.2) is 22.7 Å². The van der Waals surface area contributed by atoms with Gasteiger partial charge in [-0.2, -0.15) is 18.2 Å². The van der Waals surface area contributed by atoms with Gasteiger partial charge in [-0.25, -0.2) is 9.18 Å². The zero-order valence-corrected chi connectivity index (χ0v) is 19.2. The van der Waals surface area contributed by atoms with Crippen molar-refractivity contribution >= 4 is 16.8 Å². The first kappa shape index (κ1) is 24.4. The van der Waals surface area contributed by atoms with E-state index in [2.05, 4.69) is 10.1 Å². The van der Waals surface area contributed by atoms with E-state index in [0.717, 1.165) is 12.1 Å². The average Bonchev–Trinajstić information content (AvgIpc) is 3.27. The van der Waals surface area contributed by atoms with E-state index in [1.165, 1.54) is 6.07 Å². The number of carbonyl (C=O) groups excluding carboxylic acids is 1. The molecule has 0 radical (unpaired) electrons. The molecular formula is C21H24F4N4O4S. The largest absolute Gasteiger partial charge is 0.462 e. The van der Waals surface area contributed by atoms with Gasteiger partial charge in [0.2, 0.25) is 5.89 Å². The molecule has 0 saturated carbocycles. The molecule has 2 aromatic rings. The quantitative estimate of drug-likeness (QED) is 0.594. The Morgan fingerprint density at radius 1 is 1.21 bits per heavy atom. The first-order chi connectivity index (χ1) is 16.2. The van der Waals surface area contributed by atoms with Gasteiger partial charge < -0.3 is 19.1 Å². The lowest BCUT2D eigenvalue weighted by atomic mass is 9.84. The number of piperidine rings is 1. The second kappa shape index (κ2) is 9.88. The third-order valence-electron chi connectivity index (χ3n) is 5.99. The van der Waals surface area contributed by atoms with Crippen LogP contribution >= 0.6 is 0 Å². The van der Waals surface area contributed by atoms with Gasteiger partial charge in [0.05, 0.1) is 18.1 Å². The summed E-state index contributed by atoms with van der Waals surface area (Å²) in [6.07, 6.45) is -4.43. The molecule has 2 aliphatic heterocycles. The van der Waals surface area contributed by atoms with Crippen LogP contribution in [-0.4, -0.2) is 74.5 Å². The van der Waals surface area contributed by atoms with Crippen molar-refractivity contribution in [3.05, 3.63) is 41.0 Å². The summed E-state index contributed by atoms with van der Waals surface area (Å²) in [5, 5.41) is 3.76. The number of likely N-dealkylation sites (tertiary alicyclic amines) is 1. The van der Waals surface area contributed by atoms with Crippen LogP contribution in [0.1, 0.15) is 42.2 Å². The van der Waals surface area contributed by atoms with Crippen molar-refractivity contribution in [3.8, 4) is 6.01 Å². The van der Waals surface area contributed by atoms with Crippen molar-refractivity contribution in [1.29, 1.82) is 0 Å². The Hall–Kier alpha value is -2.70. The Balaban J connectivity index is 1.60. The third kappa shape index (κ3) is 5.34. The lowest BCUT2D eigenvalue weighted by Gasteiger charge is -2.40. The van der Waals surface area contributed by atoms with E-state index in [1.54, 1.807) is 16.7 Å². The van der Waals surface area contributed by atoms with Crippen LogP contribution in [0, 0.1) is 5.82 Å². The van der Waals surface area contributed by atoms with Gasteiger partial charge in [-0.05, 0) is 36.2 Å². The molecular weight excluding hydrogens is 480 g/mol. The van der Waals surface area contributed by atoms with Gasteiger partial charge in [0.25, 0.3) is 0 Å². The van der Waals surface area contributed by atoms with Gasteiger partial charge in [-0.3, -0.25) is 4.21 Å². The summed E-state index contributed by atoms with van der Waals surface area (Å²) in [6.45, 7) is 3.22. The Labute approximate surface area is 195 Å². The van der Waals surface area contributed by atoms with Crippen LogP contribution < -0.4 is 4.74 Å². The van der Waals surface area contributed by atoms with Crippen LogP contribution in [0.3, 0.4) is 0 Å². The highest BCUT2D eigenvalue weighted by atomic mass is 32.2. The maximum absolute atomic E-state index is 14.3. The second-order valence-corrected chi connectivity index (χ2v) is 9.93. The molecule has 2 fully saturated rings. The molecule has 2 unspecified atom stereocenters. The highest BCUT2D eigenvalue weighted by molar-refractivity contribution is 7.85. The SMILES string of the molecule is CCOc1noc(C2CC(c3ccc(C(F)(F)F)c(F)c3)CN(C(=O)N3CCS(=O)CC3)C2)n1. The minimum Gasteiger partial charge on any atom is -0.462 e. The fraction of sp³-hybridized carbons (Fsp3) is 0.571. The summed E-state index contributed by atoms with van der Waals surface area (Å²) in [7, 11) is -0.961. The summed E-state index contributed by atoms with van der Waals surface area (Å²) in [4.78, 5) is 20.6. The van der Waals surface area contributed by atoms with E-state index in [1.807, 2.05) is 0 Å². The number of aromatic nitrogens is 2. The number of ether oxygens (including phenoxy) is 1. The molecule has 4 rings (SSSR count). The van der Waals surface area contributed by atoms with Crippen molar-refractivity contribution in [3.63, 3.8) is 0 Å². The van der Waals surface area contributed by atoms with Crippen LogP contribution in [0.5, 0.6) is 6.01 Å². The van der Waals surface area contributed by atoms with Crippen LogP contribution in [0.25, 0.3) is 0 Å². The maximum Gasteiger partial charge on any atom is 0.419 e. The summed E-state index contributed by atoms with van der Waals surface area (Å²) >= 11 is 0. The summed E-state index contributed by atoms with van der Waals surface area (Å²) in [5.41, 5.74) is -0.992. The molecule has 186 valence electrons. The number of benzene rings is 1. The summed E-state index contributed by atoms with van der Waals surface area (Å²) in [6, 6.07) is 2.62. The first-order valence-corrected chi connectivity index (χ1v) is 12.4. The Kier molecular flexibility index (Phi) is 7.10. The molecule has 0 spiro atoms. The van der Waals surface area contributed by atoms with E-state index in [-0.39, 0.29) is 31.0 Å². The average molecular weight is 505 g/mol. The van der Waals surface area contributed by atoms with E-state index in [4.69, 9.17) is 9.26 Å². The van der Waals surface area contributed by atoms with E-state index in [9.17, 15) is 26.6 Å². The molecule has 0 bridgehead atoms. The van der Waals surface area contributed by atoms with Crippen LogP contribution in [-0.2, 0) is 17.0 Å². The number of halogens is 4. The monoisotopic (exact) mass is 504 g/mol. The van der Waals surface area contributed by atoms with Gasteiger partial charge in [0.1, 0.15) is 5.82 Å². The van der Waals surface area contributed by atoms with Gasteiger partial charge in [-0.1, -0.05) is 6.07 Å². The van der Waals surface area contributed by atoms with E-state index in [0.29, 0.717) is 43.2 Å². The van der Waals surface area contributed by atoms with E-state index >= 15 is 0 Å². The molecule has 0 N–H and O–H groups in total. The van der Waals surface area contributed by atoms with Crippen LogP contribution in [0.4, 0.5) is 22.4 Å². The number of alkyl halides is 3. The lowest BCUT2D eigenvalue weighted by Crippen LogP contribution is -2.52. The molecule has 2 atom stereocenters. The fourth-order valence-electron chi connectivity index (χ4n) is 4.29. The minimum atomic E-state index is -4.80. The molecule has 1 aromatic carbocycles. The minimum absolute atomic E-state index is 0.0524. The van der Waals surface area contributed by atoms with Gasteiger partial charge in [0.15, 0.2) is 0 Å². The molecule has 13 heteroatoms. The topological polar surface area (TPSA) is 88.8 Å². The van der Waals surface area contributed by atoms with Crippen molar-refractivity contribution in [2.75, 3.05) is 44.3 Å². The molecule has 3 heterocycles. The number of carbonyl (C=O) groups is 1. The van der Waals surface area contributed by atoms with Crippen molar-refractivity contribution in [2.24, 2.45) is 0 Å². The predicted octanol–water partition coefficient (Wildman–Crippen LogP) is 3.38. The number of hydrogen-bond acceptors (Lipinski definition) is 6. The van der Waals surface area contributed by atoms with Gasteiger partial charge in [-0.15, -0.1) is 0 Å². The molecule has 34 heavy (non-hydrogen) atoms. The maximum atomic E-state index is 14.3. The summed E-state index contributed by atoms with van der Waals surface area (Å²) in [5.74, 6) is -1.23. The highest BCUT2D eigenvalue weighted by Crippen LogP contribution is 2.38. The Bertz CT molecular complexity index is 1050. The zero-order chi connectivity index (χ0) is 24.5. The second-order valence-electron chi connectivity index (χ2n) is 8.24. The van der Waals surface area contributed by atoms with E-state index < -0.39 is 40.2 Å². The smallest absolute Gasteiger partial charge is 0.419 e.